The number of nitrogens with one attached hydrogen (secondary N) is 1. The molecule has 82 valence electrons. The molecule has 0 atom stereocenters. The predicted octanol–water partition coefficient (Wildman–Crippen LogP) is 0.439. The third kappa shape index (κ3) is 3.93. The van der Waals surface area contributed by atoms with Gasteiger partial charge in [-0.1, -0.05) is 6.92 Å². The quantitative estimate of drug-likeness (QED) is 0.762. The van der Waals surface area contributed by atoms with Crippen LogP contribution in [0.1, 0.15) is 13.3 Å². The van der Waals surface area contributed by atoms with E-state index >= 15 is 0 Å². The number of hydrogen-bond acceptors (Lipinski definition) is 4. The lowest BCUT2D eigenvalue weighted by Gasteiger charge is -2.15. The highest BCUT2D eigenvalue weighted by Crippen LogP contribution is 2.00. The Labute approximate surface area is 89.5 Å². The van der Waals surface area contributed by atoms with Crippen LogP contribution in [0.15, 0.2) is 18.5 Å². The summed E-state index contributed by atoms with van der Waals surface area (Å²) in [5.41, 5.74) is 0. The van der Waals surface area contributed by atoms with Crippen molar-refractivity contribution in [2.75, 3.05) is 25.0 Å². The van der Waals surface area contributed by atoms with Crippen LogP contribution in [-0.4, -0.2) is 36.0 Å². The predicted molar refractivity (Wildman–Crippen MR) is 58.6 cm³/mol. The molecule has 1 amide bonds. The largest absolute Gasteiger partial charge is 0.355 e. The topological polar surface area (TPSA) is 58.1 Å². The molecule has 0 aliphatic rings. The first-order chi connectivity index (χ1) is 7.24. The fraction of sp³-hybridized carbons (Fsp3) is 0.500. The summed E-state index contributed by atoms with van der Waals surface area (Å²) in [6.07, 6.45) is 4.25. The van der Waals surface area contributed by atoms with Crippen LogP contribution in [0.5, 0.6) is 0 Å². The zero-order valence-corrected chi connectivity index (χ0v) is 9.10. The first-order valence-electron chi connectivity index (χ1n) is 4.99. The van der Waals surface area contributed by atoms with E-state index in [0.29, 0.717) is 12.5 Å². The smallest absolute Gasteiger partial charge is 0.239 e. The van der Waals surface area contributed by atoms with Gasteiger partial charge in [0.25, 0.3) is 0 Å². The normalized spacial score (nSPS) is 9.73. The van der Waals surface area contributed by atoms with Crippen LogP contribution in [0.3, 0.4) is 0 Å². The molecule has 0 radical (unpaired) electrons. The Kier molecular flexibility index (Phi) is 4.53. The zero-order valence-electron chi connectivity index (χ0n) is 9.10. The average Bonchev–Trinajstić information content (AvgIpc) is 2.27. The molecule has 1 aromatic rings. The zero-order chi connectivity index (χ0) is 11.1. The number of aromatic nitrogens is 2. The van der Waals surface area contributed by atoms with E-state index in [4.69, 9.17) is 0 Å². The van der Waals surface area contributed by atoms with Crippen molar-refractivity contribution in [3.8, 4) is 0 Å². The van der Waals surface area contributed by atoms with Gasteiger partial charge in [-0.25, -0.2) is 9.97 Å². The van der Waals surface area contributed by atoms with Crippen molar-refractivity contribution in [1.82, 2.24) is 15.3 Å². The van der Waals surface area contributed by atoms with Crippen molar-refractivity contribution in [3.05, 3.63) is 18.5 Å². The van der Waals surface area contributed by atoms with Gasteiger partial charge < -0.3 is 10.2 Å². The van der Waals surface area contributed by atoms with Crippen molar-refractivity contribution in [1.29, 1.82) is 0 Å². The summed E-state index contributed by atoms with van der Waals surface area (Å²) < 4.78 is 0. The van der Waals surface area contributed by atoms with Crippen molar-refractivity contribution < 1.29 is 4.79 Å². The number of rotatable bonds is 5. The lowest BCUT2D eigenvalue weighted by Crippen LogP contribution is -2.36. The van der Waals surface area contributed by atoms with Gasteiger partial charge in [0.05, 0.1) is 6.54 Å². The molecule has 1 heterocycles. The van der Waals surface area contributed by atoms with E-state index in [1.807, 2.05) is 6.92 Å². The maximum absolute atomic E-state index is 11.4. The molecule has 15 heavy (non-hydrogen) atoms. The van der Waals surface area contributed by atoms with Gasteiger partial charge >= 0.3 is 0 Å². The molecule has 0 spiro atoms. The molecule has 1 N–H and O–H groups in total. The molecule has 1 rings (SSSR count). The third-order valence-electron chi connectivity index (χ3n) is 1.85. The number of anilines is 1. The monoisotopic (exact) mass is 208 g/mol. The summed E-state index contributed by atoms with van der Waals surface area (Å²) in [6, 6.07) is 1.74. The third-order valence-corrected chi connectivity index (χ3v) is 1.85. The highest BCUT2D eigenvalue weighted by Gasteiger charge is 2.07. The van der Waals surface area contributed by atoms with Gasteiger partial charge in [0, 0.05) is 26.0 Å². The van der Waals surface area contributed by atoms with Gasteiger partial charge in [-0.15, -0.1) is 0 Å². The second-order valence-corrected chi connectivity index (χ2v) is 3.25. The van der Waals surface area contributed by atoms with Crippen LogP contribution in [0, 0.1) is 0 Å². The summed E-state index contributed by atoms with van der Waals surface area (Å²) in [6.45, 7) is 3.01. The van der Waals surface area contributed by atoms with E-state index in [1.54, 1.807) is 30.4 Å². The van der Waals surface area contributed by atoms with Gasteiger partial charge in [-0.3, -0.25) is 4.79 Å². The standard InChI is InChI=1S/C10H16N4O/c1-3-5-11-9(15)8-14(2)10-12-6-4-7-13-10/h4,6-7H,3,5,8H2,1-2H3,(H,11,15). The maximum Gasteiger partial charge on any atom is 0.239 e. The molecule has 0 aliphatic heterocycles. The molecule has 0 aliphatic carbocycles. The van der Waals surface area contributed by atoms with Gasteiger partial charge in [0.2, 0.25) is 11.9 Å². The van der Waals surface area contributed by atoms with E-state index in [9.17, 15) is 4.79 Å². The SMILES string of the molecule is CCCNC(=O)CN(C)c1ncccn1. The second kappa shape index (κ2) is 5.95. The fourth-order valence-corrected chi connectivity index (χ4v) is 1.09. The fourth-order valence-electron chi connectivity index (χ4n) is 1.09. The first-order valence-corrected chi connectivity index (χ1v) is 4.99. The lowest BCUT2D eigenvalue weighted by atomic mass is 10.4. The highest BCUT2D eigenvalue weighted by molar-refractivity contribution is 5.80. The molecular weight excluding hydrogens is 192 g/mol. The minimum Gasteiger partial charge on any atom is -0.355 e. The minimum absolute atomic E-state index is 0.00759. The van der Waals surface area contributed by atoms with Crippen molar-refractivity contribution in [3.63, 3.8) is 0 Å². The van der Waals surface area contributed by atoms with Crippen molar-refractivity contribution in [2.45, 2.75) is 13.3 Å². The van der Waals surface area contributed by atoms with Crippen LogP contribution in [0.25, 0.3) is 0 Å². The molecular formula is C10H16N4O. The van der Waals surface area contributed by atoms with E-state index in [1.165, 1.54) is 0 Å². The molecule has 0 fully saturated rings. The van der Waals surface area contributed by atoms with E-state index < -0.39 is 0 Å². The lowest BCUT2D eigenvalue weighted by molar-refractivity contribution is -0.119. The Hall–Kier alpha value is -1.65. The molecule has 0 bridgehead atoms. The number of likely N-dealkylation sites (N-methyl/N-ethyl adjacent to an activating group) is 1. The highest BCUT2D eigenvalue weighted by atomic mass is 16.2. The average molecular weight is 208 g/mol. The molecule has 0 saturated heterocycles. The van der Waals surface area contributed by atoms with Gasteiger partial charge in [0.15, 0.2) is 0 Å². The first kappa shape index (κ1) is 11.4. The van der Waals surface area contributed by atoms with Crippen molar-refractivity contribution in [2.24, 2.45) is 0 Å². The number of carbonyl (C=O) groups is 1. The Morgan fingerprint density at radius 2 is 2.13 bits per heavy atom. The van der Waals surface area contributed by atoms with E-state index in [0.717, 1.165) is 6.42 Å². The number of hydrogen-bond donors (Lipinski definition) is 1. The molecule has 5 heteroatoms. The molecule has 0 unspecified atom stereocenters. The molecule has 0 aromatic carbocycles. The molecule has 5 nitrogen and oxygen atoms in total. The van der Waals surface area contributed by atoms with E-state index in [-0.39, 0.29) is 12.5 Å². The van der Waals surface area contributed by atoms with E-state index in [2.05, 4.69) is 15.3 Å². The number of carbonyl (C=O) groups excluding carboxylic acids is 1. The Bertz CT molecular complexity index is 302. The minimum atomic E-state index is -0.00759. The van der Waals surface area contributed by atoms with Crippen LogP contribution in [0.4, 0.5) is 5.95 Å². The second-order valence-electron chi connectivity index (χ2n) is 3.25. The van der Waals surface area contributed by atoms with Crippen LogP contribution in [-0.2, 0) is 4.79 Å². The maximum atomic E-state index is 11.4. The summed E-state index contributed by atoms with van der Waals surface area (Å²) >= 11 is 0. The Morgan fingerprint density at radius 1 is 1.47 bits per heavy atom. The molecule has 1 aromatic heterocycles. The van der Waals surface area contributed by atoms with Crippen LogP contribution in [0.2, 0.25) is 0 Å². The van der Waals surface area contributed by atoms with Crippen molar-refractivity contribution >= 4 is 11.9 Å². The molecule has 0 saturated carbocycles. The number of nitrogens with zero attached hydrogens (tertiary/aromatic N) is 3. The van der Waals surface area contributed by atoms with Crippen LogP contribution < -0.4 is 10.2 Å². The number of amides is 1. The summed E-state index contributed by atoms with van der Waals surface area (Å²) in [4.78, 5) is 21.2. The summed E-state index contributed by atoms with van der Waals surface area (Å²) in [5, 5.41) is 2.80. The summed E-state index contributed by atoms with van der Waals surface area (Å²) in [7, 11) is 1.79. The Morgan fingerprint density at radius 3 is 2.73 bits per heavy atom. The van der Waals surface area contributed by atoms with Crippen LogP contribution >= 0.6 is 0 Å². The Balaban J connectivity index is 2.42. The summed E-state index contributed by atoms with van der Waals surface area (Å²) in [5.74, 6) is 0.552. The van der Waals surface area contributed by atoms with Gasteiger partial charge in [0.1, 0.15) is 0 Å². The van der Waals surface area contributed by atoms with Gasteiger partial charge in [-0.05, 0) is 12.5 Å². The van der Waals surface area contributed by atoms with Gasteiger partial charge in [-0.2, -0.15) is 0 Å².